The van der Waals surface area contributed by atoms with E-state index < -0.39 is 200 Å². The number of rotatable bonds is 8. The van der Waals surface area contributed by atoms with Crippen LogP contribution < -0.4 is 9.31 Å². The van der Waals surface area contributed by atoms with Gasteiger partial charge in [-0.25, -0.2) is 0 Å². The summed E-state index contributed by atoms with van der Waals surface area (Å²) in [6.07, 6.45) is -15.2. The van der Waals surface area contributed by atoms with E-state index in [-0.39, 0.29) is 85.5 Å². The molecule has 3 saturated carbocycles. The first-order chi connectivity index (χ1) is 52.8. The van der Waals surface area contributed by atoms with Crippen molar-refractivity contribution in [2.45, 2.75) is 159 Å². The van der Waals surface area contributed by atoms with Crippen molar-refractivity contribution in [3.63, 3.8) is 0 Å². The number of ether oxygens (including phenoxy) is 1. The van der Waals surface area contributed by atoms with Crippen molar-refractivity contribution in [1.82, 2.24) is 9.14 Å². The number of para-hydroxylation sites is 2. The molecule has 3 nitrogen and oxygen atoms in total. The summed E-state index contributed by atoms with van der Waals surface area (Å²) in [6, 6.07) is 30.0. The van der Waals surface area contributed by atoms with Gasteiger partial charge in [0.15, 0.2) is 0 Å². The monoisotopic (exact) mass is 1250 g/mol. The third kappa shape index (κ3) is 8.40. The van der Waals surface area contributed by atoms with Crippen LogP contribution in [0.25, 0.3) is 49.7 Å². The Hall–Kier alpha value is -6.28. The van der Waals surface area contributed by atoms with E-state index in [9.17, 15) is 35.6 Å². The van der Waals surface area contributed by atoms with Crippen LogP contribution in [0.5, 0.6) is 11.5 Å². The van der Waals surface area contributed by atoms with Crippen LogP contribution in [-0.4, -0.2) is 10.8 Å². The molecule has 2 bridgehead atoms. The van der Waals surface area contributed by atoms with E-state index >= 15 is 0 Å². The van der Waals surface area contributed by atoms with Gasteiger partial charge < -0.3 is 13.9 Å². The van der Waals surface area contributed by atoms with Gasteiger partial charge in [0.25, 0.3) is 0 Å². The van der Waals surface area contributed by atoms with Gasteiger partial charge in [0, 0.05) is 66.8 Å². The average Bonchev–Trinajstić information content (AvgIpc) is 0.878. The molecule has 398 valence electrons. The summed E-state index contributed by atoms with van der Waals surface area (Å²) >= 11 is 0. The summed E-state index contributed by atoms with van der Waals surface area (Å²) in [5.74, 6) is -1.16. The molecular weight excluding hydrogens is 1140 g/mol. The molecule has 0 radical (unpaired) electrons. The fourth-order valence-electron chi connectivity index (χ4n) is 11.9. The van der Waals surface area contributed by atoms with Gasteiger partial charge >= 0.3 is 21.1 Å². The molecule has 8 aromatic carbocycles. The van der Waals surface area contributed by atoms with Crippen LogP contribution in [0.2, 0.25) is 0 Å². The summed E-state index contributed by atoms with van der Waals surface area (Å²) in [7, 11) is 0. The molecule has 0 N–H and O–H groups in total. The standard InChI is InChI=1S/C75H73N2O.Pt/c1-70(2,3)51-19-17-20-53(39-51)77-67-25-15-13-22-56(67)58-29-28-55(42-68(58)77)78-54-21-16-18-48(36-54)61-46-76(66-24-14-12-23-57(61)66)69-59(49-26-30-62-64(37-49)73(8,9)34-32-71(62,4)5)40-52(75-43-47(44-75)45-75)41-60(69)50-27-31-63-65(38-50)74(10,11)35-33-72(63,6)7;/h12-19,21-31,37-41,47,61H,32-35,43-45H2,1-11H3;/q-3;+4/i4D3,5D3,6D3,7D3,8D3,9D3,10D3,11D3,26D,27D,30D,31D,32D2,33D2,34D2,35D2,37D,38D;. The van der Waals surface area contributed by atoms with E-state index in [1.54, 1.807) is 36.4 Å². The number of aromatic nitrogens is 1. The molecule has 2 heterocycles. The second kappa shape index (κ2) is 18.1. The first-order valence-electron chi connectivity index (χ1n) is 44.6. The molecule has 15 rings (SSSR count). The number of hydrogen-bond donors (Lipinski definition) is 0. The molecule has 1 aliphatic heterocycles. The predicted molar refractivity (Wildman–Crippen MR) is 324 cm³/mol. The van der Waals surface area contributed by atoms with Gasteiger partial charge in [0.05, 0.1) is 8.22 Å². The second-order valence-electron chi connectivity index (χ2n) is 22.4. The molecule has 4 heteroatoms. The molecule has 0 spiro atoms. The van der Waals surface area contributed by atoms with Crippen molar-refractivity contribution in [1.29, 1.82) is 0 Å². The van der Waals surface area contributed by atoms with Gasteiger partial charge in [0.2, 0.25) is 0 Å². The zero-order chi connectivity index (χ0) is 86.3. The fraction of sp³-hybridized carbons (Fsp3) is 0.347. The summed E-state index contributed by atoms with van der Waals surface area (Å²) in [5.41, 5.74) is -29.0. The van der Waals surface area contributed by atoms with Crippen molar-refractivity contribution in [2.75, 3.05) is 0 Å². The van der Waals surface area contributed by atoms with E-state index in [1.165, 1.54) is 24.3 Å². The van der Waals surface area contributed by atoms with E-state index in [4.69, 9.17) is 21.2 Å². The van der Waals surface area contributed by atoms with E-state index in [0.29, 0.717) is 11.2 Å². The molecule has 5 aliphatic carbocycles. The summed E-state index contributed by atoms with van der Waals surface area (Å²) in [5, 5.41) is 1.68. The van der Waals surface area contributed by atoms with Gasteiger partial charge in [-0.05, 0) is 156 Å². The van der Waals surface area contributed by atoms with Gasteiger partial charge in [-0.3, -0.25) is 0 Å². The number of hydrogen-bond acceptors (Lipinski definition) is 1. The van der Waals surface area contributed by atoms with Crippen molar-refractivity contribution >= 4 is 39.4 Å². The minimum Gasteiger partial charge on any atom is -0.509 e. The Bertz CT molecular complexity index is 5420. The normalized spacial score (nSPS) is 32.6. The predicted octanol–water partition coefficient (Wildman–Crippen LogP) is 19.3. The Balaban J connectivity index is 0.0000119. The van der Waals surface area contributed by atoms with E-state index in [0.717, 1.165) is 26.4 Å². The molecule has 3 fully saturated rings. The van der Waals surface area contributed by atoms with Gasteiger partial charge in [0.1, 0.15) is 17.6 Å². The molecule has 1 atom stereocenters. The van der Waals surface area contributed by atoms with E-state index in [1.807, 2.05) is 53.1 Å². The summed E-state index contributed by atoms with van der Waals surface area (Å²) in [6.45, 7) is -30.1. The molecular formula is C75H73N2OPt+. The molecule has 0 amide bonds. The first kappa shape index (κ1) is 24.8. The third-order valence-corrected chi connectivity index (χ3v) is 16.0. The smallest absolute Gasteiger partial charge is 0.509 e. The first-order valence-corrected chi connectivity index (χ1v) is 25.6. The Morgan fingerprint density at radius 2 is 1.25 bits per heavy atom. The van der Waals surface area contributed by atoms with Crippen molar-refractivity contribution < 1.29 is 77.9 Å². The largest absolute Gasteiger partial charge is 4.00 e. The quantitative estimate of drug-likeness (QED) is 0.109. The molecule has 1 aromatic heterocycles. The van der Waals surface area contributed by atoms with Crippen molar-refractivity contribution in [3.8, 4) is 39.4 Å². The Labute approximate surface area is 537 Å². The minimum atomic E-state index is -4.85. The summed E-state index contributed by atoms with van der Waals surface area (Å²) < 4.78 is 368. The van der Waals surface area contributed by atoms with Crippen LogP contribution in [0.4, 0.5) is 11.4 Å². The molecule has 0 saturated heterocycles. The molecule has 79 heavy (non-hydrogen) atoms. The van der Waals surface area contributed by atoms with Gasteiger partial charge in [-0.2, -0.15) is 47.5 Å². The van der Waals surface area contributed by atoms with Gasteiger partial charge in [-0.1, -0.05) is 172 Å². The average molecular weight is 1250 g/mol. The number of benzene rings is 8. The topological polar surface area (TPSA) is 17.2 Å². The maximum atomic E-state index is 10.7. The zero-order valence-electron chi connectivity index (χ0n) is 80.8. The van der Waals surface area contributed by atoms with Gasteiger partial charge in [-0.15, -0.1) is 35.7 Å². The minimum absolute atomic E-state index is 0. The van der Waals surface area contributed by atoms with Crippen LogP contribution in [0, 0.1) is 24.1 Å². The SMILES string of the molecule is [2H]c1c([2H])c2c(c([2H])c1-c1cc(C34CC(C3)C4)cc(-c3c([2H])c([2H])c4c(c3[2H])C(C([2H])([2H])[2H])(C([2H])([2H])[2H])C([2H])([2H])C([2H])([2H])C4(C([2H])([2H])[2H])C([2H])([2H])[2H])c1[N+]1=[C-]C(c3[c-]c(Oc4[c-]c5c(cc4)c4ccccc4n5-c4[c-]ccc(C(C)(C)C)c4)ccc3)c3ccccc31)C(C([2H])([2H])[2H])(C([2H])([2H])[2H])C([2H])([2H])C([2H])([2H])C2(C([2H])([2H])[2H])C([2H])([2H])[2H].[Pt+4]. The second-order valence-corrected chi connectivity index (χ2v) is 22.4. The number of fused-ring (bicyclic) bond motifs is 6. The number of nitrogens with zero attached hydrogens (tertiary/aromatic N) is 2. The molecule has 1 unspecified atom stereocenters. The van der Waals surface area contributed by atoms with Crippen LogP contribution in [0.3, 0.4) is 0 Å². The van der Waals surface area contributed by atoms with E-state index in [2.05, 4.69) is 45.2 Å². The summed E-state index contributed by atoms with van der Waals surface area (Å²) in [4.78, 5) is 0. The molecule has 6 aliphatic rings. The zero-order valence-corrected chi connectivity index (χ0v) is 45.1. The van der Waals surface area contributed by atoms with Crippen LogP contribution in [0.1, 0.15) is 223 Å². The van der Waals surface area contributed by atoms with Crippen molar-refractivity contribution in [3.05, 3.63) is 208 Å². The molecule has 9 aromatic rings. The third-order valence-electron chi connectivity index (χ3n) is 16.0. The van der Waals surface area contributed by atoms with Crippen LogP contribution >= 0.6 is 0 Å². The fourth-order valence-corrected chi connectivity index (χ4v) is 11.9. The maximum Gasteiger partial charge on any atom is 4.00 e. The Morgan fingerprint density at radius 1 is 0.646 bits per heavy atom. The van der Waals surface area contributed by atoms with Crippen LogP contribution in [-0.2, 0) is 53.6 Å². The maximum absolute atomic E-state index is 10.7. The Kier molecular flexibility index (Phi) is 5.69. The van der Waals surface area contributed by atoms with Crippen molar-refractivity contribution in [2.24, 2.45) is 5.92 Å². The van der Waals surface area contributed by atoms with Crippen LogP contribution in [0.15, 0.2) is 145 Å². The Morgan fingerprint density at radius 3 is 1.87 bits per heavy atom.